The summed E-state index contributed by atoms with van der Waals surface area (Å²) < 4.78 is 5.42. The lowest BCUT2D eigenvalue weighted by molar-refractivity contribution is -0.359. The molecule has 0 aliphatic heterocycles. The average Bonchev–Trinajstić information content (AvgIpc) is 3.10. The number of amides is 1. The number of aromatic nitrogens is 2. The fourth-order valence-corrected chi connectivity index (χ4v) is 3.38. The zero-order valence-corrected chi connectivity index (χ0v) is 15.3. The average molecular weight is 363 g/mol. The van der Waals surface area contributed by atoms with Crippen LogP contribution < -0.4 is 16.0 Å². The van der Waals surface area contributed by atoms with Gasteiger partial charge in [0, 0.05) is 23.1 Å². The number of anilines is 2. The van der Waals surface area contributed by atoms with Gasteiger partial charge in [-0.25, -0.2) is 4.98 Å². The molecule has 0 unspecified atom stereocenters. The molecule has 1 saturated carbocycles. The monoisotopic (exact) mass is 363 g/mol. The number of nitrogens with two attached hydrogens (primary N) is 1. The maximum atomic E-state index is 12.3. The van der Waals surface area contributed by atoms with Crippen LogP contribution in [0.2, 0.25) is 0 Å². The van der Waals surface area contributed by atoms with E-state index in [-0.39, 0.29) is 17.7 Å². The molecule has 3 aromatic rings. The zero-order valence-electron chi connectivity index (χ0n) is 15.3. The van der Waals surface area contributed by atoms with Gasteiger partial charge in [-0.2, -0.15) is 0 Å². The second kappa shape index (κ2) is 6.87. The minimum atomic E-state index is -0.109. The van der Waals surface area contributed by atoms with E-state index in [0.717, 1.165) is 35.3 Å². The highest BCUT2D eigenvalue weighted by molar-refractivity contribution is 5.91. The van der Waals surface area contributed by atoms with Crippen LogP contribution in [0.25, 0.3) is 11.1 Å². The summed E-state index contributed by atoms with van der Waals surface area (Å²) in [7, 11) is 0. The van der Waals surface area contributed by atoms with Crippen molar-refractivity contribution >= 4 is 17.5 Å². The predicted molar refractivity (Wildman–Crippen MR) is 103 cm³/mol. The van der Waals surface area contributed by atoms with Crippen LogP contribution in [0, 0.1) is 0 Å². The Bertz CT molecular complexity index is 941. The maximum absolute atomic E-state index is 12.3. The van der Waals surface area contributed by atoms with Crippen molar-refractivity contribution in [3.8, 4) is 11.1 Å². The van der Waals surface area contributed by atoms with Gasteiger partial charge in [-0.1, -0.05) is 42.8 Å². The third-order valence-corrected chi connectivity index (χ3v) is 5.32. The fraction of sp³-hybridized carbons (Fsp3) is 0.286. The van der Waals surface area contributed by atoms with Gasteiger partial charge in [-0.15, -0.1) is 0 Å². The number of nitrogens with zero attached hydrogens (tertiary/aromatic N) is 1. The summed E-state index contributed by atoms with van der Waals surface area (Å²) in [5.41, 5.74) is 8.78. The van der Waals surface area contributed by atoms with Gasteiger partial charge in [0.15, 0.2) is 5.82 Å². The summed E-state index contributed by atoms with van der Waals surface area (Å²) in [5.74, 6) is 1.85. The summed E-state index contributed by atoms with van der Waals surface area (Å²) >= 11 is 0. The minimum Gasteiger partial charge on any atom is -0.359 e. The Balaban J connectivity index is 1.37. The first-order chi connectivity index (χ1) is 13.0. The van der Waals surface area contributed by atoms with Crippen LogP contribution in [-0.4, -0.2) is 11.1 Å². The van der Waals surface area contributed by atoms with Gasteiger partial charge in [0.05, 0.1) is 12.6 Å². The molecular weight excluding hydrogens is 340 g/mol. The van der Waals surface area contributed by atoms with E-state index in [1.54, 1.807) is 0 Å². The van der Waals surface area contributed by atoms with Gasteiger partial charge in [-0.05, 0) is 30.0 Å². The van der Waals surface area contributed by atoms with Crippen molar-refractivity contribution in [2.24, 2.45) is 0 Å². The number of H-pyrrole nitrogens is 1. The van der Waals surface area contributed by atoms with Crippen molar-refractivity contribution in [2.45, 2.75) is 38.0 Å². The second-order valence-electron chi connectivity index (χ2n) is 7.45. The zero-order chi connectivity index (χ0) is 18.9. The lowest BCUT2D eigenvalue weighted by atomic mass is 9.69. The number of rotatable bonds is 5. The number of hydrogen-bond acceptors (Lipinski definition) is 4. The molecule has 4 rings (SSSR count). The van der Waals surface area contributed by atoms with E-state index in [1.807, 2.05) is 48.7 Å². The number of carbonyl (C=O) groups is 1. The van der Waals surface area contributed by atoms with E-state index in [4.69, 9.17) is 10.3 Å². The molecular formula is C21H23N4O2+. The quantitative estimate of drug-likeness (QED) is 0.726. The van der Waals surface area contributed by atoms with E-state index < -0.39 is 0 Å². The highest BCUT2D eigenvalue weighted by Gasteiger charge is 2.37. The van der Waals surface area contributed by atoms with Crippen LogP contribution >= 0.6 is 0 Å². The molecule has 1 fully saturated rings. The van der Waals surface area contributed by atoms with Gasteiger partial charge in [0.1, 0.15) is 5.76 Å². The maximum Gasteiger partial charge on any atom is 0.270 e. The summed E-state index contributed by atoms with van der Waals surface area (Å²) in [6, 6.07) is 13.5. The molecule has 27 heavy (non-hydrogen) atoms. The number of nitrogen functional groups attached to an aromatic ring is 1. The van der Waals surface area contributed by atoms with Crippen molar-refractivity contribution < 1.29 is 14.3 Å². The van der Waals surface area contributed by atoms with E-state index >= 15 is 0 Å². The summed E-state index contributed by atoms with van der Waals surface area (Å²) in [5, 5.41) is 6.81. The van der Waals surface area contributed by atoms with E-state index in [2.05, 4.69) is 22.4 Å². The molecule has 0 atom stereocenters. The number of carbonyl (C=O) groups excluding carboxylic acids is 1. The summed E-state index contributed by atoms with van der Waals surface area (Å²) in [6.45, 7) is 2.17. The van der Waals surface area contributed by atoms with Crippen molar-refractivity contribution in [3.05, 3.63) is 60.0 Å². The first-order valence-electron chi connectivity index (χ1n) is 9.15. The summed E-state index contributed by atoms with van der Waals surface area (Å²) in [4.78, 5) is 15.3. The number of pyridine rings is 1. The molecule has 138 valence electrons. The SMILES string of the molecule is CC1(c2cc(NC(=O)Cc3ccc(-c4ccc(N)[nH+]c4)cc3)no2)CCC1. The number of benzene rings is 1. The molecule has 0 bridgehead atoms. The van der Waals surface area contributed by atoms with Crippen LogP contribution in [0.4, 0.5) is 11.6 Å². The lowest BCUT2D eigenvalue weighted by Crippen LogP contribution is -2.29. The Morgan fingerprint density at radius 3 is 2.59 bits per heavy atom. The molecule has 6 heteroatoms. The number of nitrogens with one attached hydrogen (secondary N) is 2. The largest absolute Gasteiger partial charge is 0.359 e. The molecule has 0 spiro atoms. The van der Waals surface area contributed by atoms with Crippen molar-refractivity contribution in [1.82, 2.24) is 5.16 Å². The van der Waals surface area contributed by atoms with Gasteiger partial charge in [0.2, 0.25) is 5.91 Å². The van der Waals surface area contributed by atoms with Gasteiger partial charge in [-0.3, -0.25) is 10.5 Å². The Kier molecular flexibility index (Phi) is 4.39. The molecule has 0 saturated heterocycles. The van der Waals surface area contributed by atoms with Crippen molar-refractivity contribution in [1.29, 1.82) is 0 Å². The van der Waals surface area contributed by atoms with Gasteiger partial charge < -0.3 is 9.84 Å². The number of hydrogen-bond donors (Lipinski definition) is 2. The highest BCUT2D eigenvalue weighted by Crippen LogP contribution is 2.43. The topological polar surface area (TPSA) is 95.3 Å². The first-order valence-corrected chi connectivity index (χ1v) is 9.15. The van der Waals surface area contributed by atoms with Crippen LogP contribution in [0.15, 0.2) is 53.2 Å². The molecule has 0 radical (unpaired) electrons. The normalized spacial score (nSPS) is 15.1. The molecule has 2 heterocycles. The van der Waals surface area contributed by atoms with E-state index in [9.17, 15) is 4.79 Å². The molecule has 2 aromatic heterocycles. The minimum absolute atomic E-state index is 0.0747. The van der Waals surface area contributed by atoms with Crippen LogP contribution in [0.5, 0.6) is 0 Å². The lowest BCUT2D eigenvalue weighted by Gasteiger charge is -2.35. The third-order valence-electron chi connectivity index (χ3n) is 5.32. The third kappa shape index (κ3) is 3.69. The Labute approximate surface area is 157 Å². The van der Waals surface area contributed by atoms with Gasteiger partial charge >= 0.3 is 0 Å². The Morgan fingerprint density at radius 2 is 1.96 bits per heavy atom. The number of aromatic amines is 1. The summed E-state index contributed by atoms with van der Waals surface area (Å²) in [6.07, 6.45) is 5.57. The second-order valence-corrected chi connectivity index (χ2v) is 7.45. The molecule has 1 aliphatic rings. The van der Waals surface area contributed by atoms with Crippen LogP contribution in [0.1, 0.15) is 37.5 Å². The Morgan fingerprint density at radius 1 is 1.22 bits per heavy atom. The smallest absolute Gasteiger partial charge is 0.270 e. The van der Waals surface area contributed by atoms with E-state index in [1.165, 1.54) is 6.42 Å². The molecule has 1 amide bonds. The Hall–Kier alpha value is -3.15. The van der Waals surface area contributed by atoms with Crippen molar-refractivity contribution in [2.75, 3.05) is 11.1 Å². The molecule has 4 N–H and O–H groups in total. The van der Waals surface area contributed by atoms with Crippen LogP contribution in [-0.2, 0) is 16.6 Å². The van der Waals surface area contributed by atoms with Crippen molar-refractivity contribution in [3.63, 3.8) is 0 Å². The standard InChI is InChI=1S/C21H22N4O2/c1-21(9-2-10-21)17-12-19(25-27-17)24-20(26)11-14-3-5-15(6-4-14)16-7-8-18(22)23-13-16/h3-8,12-13H,2,9-11H2,1H3,(H2,22,23)(H,24,25,26)/p+1. The molecule has 6 nitrogen and oxygen atoms in total. The fourth-order valence-electron chi connectivity index (χ4n) is 3.38. The first kappa shape index (κ1) is 17.3. The van der Waals surface area contributed by atoms with Crippen LogP contribution in [0.3, 0.4) is 0 Å². The highest BCUT2D eigenvalue weighted by atomic mass is 16.5. The van der Waals surface area contributed by atoms with E-state index in [0.29, 0.717) is 11.6 Å². The molecule has 1 aromatic carbocycles. The van der Waals surface area contributed by atoms with Gasteiger partial charge in [0.25, 0.3) is 5.82 Å². The molecule has 1 aliphatic carbocycles. The predicted octanol–water partition coefficient (Wildman–Crippen LogP) is 3.36.